The maximum Gasteiger partial charge on any atom is 0.325 e. The number of amides is 3. The fraction of sp³-hybridized carbons (Fsp3) is 0.524. The lowest BCUT2D eigenvalue weighted by Gasteiger charge is -2.38. The Kier molecular flexibility index (Phi) is 6.25. The average molecular weight is 463 g/mol. The summed E-state index contributed by atoms with van der Waals surface area (Å²) in [5.41, 5.74) is 2.31. The number of benzene rings is 1. The van der Waals surface area contributed by atoms with Crippen LogP contribution < -0.4 is 10.2 Å². The molecular formula is C21H27ClN6O4. The third-order valence-electron chi connectivity index (χ3n) is 6.22. The molecule has 2 atom stereocenters. The van der Waals surface area contributed by atoms with E-state index in [1.165, 1.54) is 17.6 Å². The molecule has 0 radical (unpaired) electrons. The van der Waals surface area contributed by atoms with E-state index in [9.17, 15) is 14.4 Å². The van der Waals surface area contributed by atoms with Gasteiger partial charge in [0.15, 0.2) is 12.2 Å². The Balaban J connectivity index is 1.47. The molecule has 0 bridgehead atoms. The maximum atomic E-state index is 12.6. The van der Waals surface area contributed by atoms with Crippen molar-refractivity contribution in [2.75, 3.05) is 58.3 Å². The summed E-state index contributed by atoms with van der Waals surface area (Å²) in [6.45, 7) is 5.64. The van der Waals surface area contributed by atoms with Gasteiger partial charge in [0.2, 0.25) is 0 Å². The summed E-state index contributed by atoms with van der Waals surface area (Å²) in [4.78, 5) is 48.9. The number of hydrogen-bond donors (Lipinski definition) is 1. The minimum atomic E-state index is -0.748. The second-order valence-electron chi connectivity index (χ2n) is 8.21. The molecule has 4 rings (SSSR count). The molecule has 3 aliphatic heterocycles. The SMILES string of the molecule is COC(=O)CN1C(CN2CCN(c3cc(Cl)ccc3C)CC2)=NC2C1C(=O)NC(=O)N2C. The molecule has 172 valence electrons. The van der Waals surface area contributed by atoms with E-state index in [0.717, 1.165) is 31.9 Å². The van der Waals surface area contributed by atoms with Crippen LogP contribution in [-0.4, -0.2) is 104 Å². The number of halogens is 1. The number of nitrogens with zero attached hydrogens (tertiary/aromatic N) is 5. The monoisotopic (exact) mass is 462 g/mol. The second-order valence-corrected chi connectivity index (χ2v) is 8.64. The van der Waals surface area contributed by atoms with Gasteiger partial charge in [-0.05, 0) is 24.6 Å². The molecule has 1 N–H and O–H groups in total. The van der Waals surface area contributed by atoms with Crippen LogP contribution in [0.5, 0.6) is 0 Å². The summed E-state index contributed by atoms with van der Waals surface area (Å²) >= 11 is 6.18. The largest absolute Gasteiger partial charge is 0.468 e. The van der Waals surface area contributed by atoms with Gasteiger partial charge < -0.3 is 19.4 Å². The summed E-state index contributed by atoms with van der Waals surface area (Å²) in [5.74, 6) is -0.316. The van der Waals surface area contributed by atoms with Crippen LogP contribution in [0.3, 0.4) is 0 Å². The van der Waals surface area contributed by atoms with Gasteiger partial charge in [-0.25, -0.2) is 9.79 Å². The molecule has 3 heterocycles. The quantitative estimate of drug-likeness (QED) is 0.637. The van der Waals surface area contributed by atoms with E-state index < -0.39 is 30.1 Å². The van der Waals surface area contributed by atoms with Crippen LogP contribution in [0.4, 0.5) is 10.5 Å². The van der Waals surface area contributed by atoms with Crippen molar-refractivity contribution in [2.45, 2.75) is 19.1 Å². The number of aliphatic imine (C=N–C) groups is 1. The summed E-state index contributed by atoms with van der Waals surface area (Å²) in [6.07, 6.45) is -0.661. The third-order valence-corrected chi connectivity index (χ3v) is 6.46. The Morgan fingerprint density at radius 1 is 1.25 bits per heavy atom. The van der Waals surface area contributed by atoms with Crippen molar-refractivity contribution in [2.24, 2.45) is 4.99 Å². The highest BCUT2D eigenvalue weighted by atomic mass is 35.5. The number of rotatable bonds is 5. The lowest BCUT2D eigenvalue weighted by Crippen LogP contribution is -2.64. The summed E-state index contributed by atoms with van der Waals surface area (Å²) in [7, 11) is 2.90. The van der Waals surface area contributed by atoms with E-state index >= 15 is 0 Å². The highest BCUT2D eigenvalue weighted by molar-refractivity contribution is 6.30. The molecular weight excluding hydrogens is 436 g/mol. The number of nitrogens with one attached hydrogen (secondary N) is 1. The Morgan fingerprint density at radius 3 is 2.66 bits per heavy atom. The number of piperazine rings is 1. The number of hydrogen-bond acceptors (Lipinski definition) is 8. The van der Waals surface area contributed by atoms with Gasteiger partial charge in [-0.2, -0.15) is 0 Å². The van der Waals surface area contributed by atoms with Crippen molar-refractivity contribution < 1.29 is 19.1 Å². The average Bonchev–Trinajstić information content (AvgIpc) is 3.12. The van der Waals surface area contributed by atoms with Gasteiger partial charge in [-0.3, -0.25) is 19.8 Å². The van der Waals surface area contributed by atoms with Crippen LogP contribution in [0.2, 0.25) is 5.02 Å². The molecule has 2 fully saturated rings. The van der Waals surface area contributed by atoms with Crippen LogP contribution in [-0.2, 0) is 14.3 Å². The van der Waals surface area contributed by atoms with Crippen LogP contribution in [0, 0.1) is 6.92 Å². The van der Waals surface area contributed by atoms with E-state index in [1.807, 2.05) is 18.2 Å². The highest BCUT2D eigenvalue weighted by Crippen LogP contribution is 2.27. The number of amidine groups is 1. The molecule has 3 amide bonds. The molecule has 0 saturated carbocycles. The fourth-order valence-corrected chi connectivity index (χ4v) is 4.54. The molecule has 0 aliphatic carbocycles. The zero-order chi connectivity index (χ0) is 23.0. The highest BCUT2D eigenvalue weighted by Gasteiger charge is 2.49. The number of methoxy groups -OCH3 is 1. The maximum absolute atomic E-state index is 12.6. The fourth-order valence-electron chi connectivity index (χ4n) is 4.38. The van der Waals surface area contributed by atoms with E-state index in [0.29, 0.717) is 17.4 Å². The normalized spacial score (nSPS) is 23.8. The topological polar surface area (TPSA) is 97.8 Å². The molecule has 2 unspecified atom stereocenters. The number of aryl methyl sites for hydroxylation is 1. The number of likely N-dealkylation sites (N-methyl/N-ethyl adjacent to an activating group) is 1. The first-order chi connectivity index (χ1) is 15.3. The van der Waals surface area contributed by atoms with Gasteiger partial charge >= 0.3 is 12.0 Å². The second kappa shape index (κ2) is 8.95. The van der Waals surface area contributed by atoms with Gasteiger partial charge in [-0.1, -0.05) is 17.7 Å². The lowest BCUT2D eigenvalue weighted by molar-refractivity contribution is -0.142. The predicted octanol–water partition coefficient (Wildman–Crippen LogP) is 0.534. The van der Waals surface area contributed by atoms with Crippen LogP contribution in [0.1, 0.15) is 5.56 Å². The minimum absolute atomic E-state index is 0.104. The zero-order valence-corrected chi connectivity index (χ0v) is 19.1. The van der Waals surface area contributed by atoms with Gasteiger partial charge in [0.1, 0.15) is 12.4 Å². The predicted molar refractivity (Wildman–Crippen MR) is 120 cm³/mol. The van der Waals surface area contributed by atoms with Crippen LogP contribution in [0.15, 0.2) is 23.2 Å². The first-order valence-corrected chi connectivity index (χ1v) is 10.9. The van der Waals surface area contributed by atoms with Gasteiger partial charge in [0, 0.05) is 43.9 Å². The number of fused-ring (bicyclic) bond motifs is 1. The van der Waals surface area contributed by atoms with Gasteiger partial charge in [0.25, 0.3) is 5.91 Å². The number of ether oxygens (including phenoxy) is 1. The molecule has 32 heavy (non-hydrogen) atoms. The number of imide groups is 1. The van der Waals surface area contributed by atoms with E-state index in [4.69, 9.17) is 16.3 Å². The van der Waals surface area contributed by atoms with Crippen molar-refractivity contribution in [1.82, 2.24) is 20.0 Å². The Hall–Kier alpha value is -2.85. The smallest absolute Gasteiger partial charge is 0.325 e. The van der Waals surface area contributed by atoms with Crippen LogP contribution in [0.25, 0.3) is 0 Å². The third kappa shape index (κ3) is 4.24. The Morgan fingerprint density at radius 2 is 1.97 bits per heavy atom. The molecule has 3 aliphatic rings. The molecule has 10 nitrogen and oxygen atoms in total. The van der Waals surface area contributed by atoms with Crippen molar-refractivity contribution in [1.29, 1.82) is 0 Å². The van der Waals surface area contributed by atoms with E-state index in [1.54, 1.807) is 11.9 Å². The van der Waals surface area contributed by atoms with E-state index in [2.05, 4.69) is 27.0 Å². The molecule has 0 aromatic heterocycles. The lowest BCUT2D eigenvalue weighted by atomic mass is 10.1. The molecule has 1 aromatic carbocycles. The number of carbonyl (C=O) groups excluding carboxylic acids is 3. The first-order valence-electron chi connectivity index (χ1n) is 10.5. The number of urea groups is 1. The number of esters is 1. The van der Waals surface area contributed by atoms with Crippen molar-refractivity contribution in [3.8, 4) is 0 Å². The van der Waals surface area contributed by atoms with Gasteiger partial charge in [0.05, 0.1) is 13.7 Å². The number of anilines is 1. The minimum Gasteiger partial charge on any atom is -0.468 e. The molecule has 2 saturated heterocycles. The zero-order valence-electron chi connectivity index (χ0n) is 18.4. The Bertz CT molecular complexity index is 962. The van der Waals surface area contributed by atoms with Gasteiger partial charge in [-0.15, -0.1) is 0 Å². The van der Waals surface area contributed by atoms with Crippen molar-refractivity contribution in [3.05, 3.63) is 28.8 Å². The Labute approximate surface area is 191 Å². The number of carbonyl (C=O) groups is 3. The van der Waals surface area contributed by atoms with Crippen LogP contribution >= 0.6 is 11.6 Å². The molecule has 11 heteroatoms. The first kappa shape index (κ1) is 22.3. The molecule has 1 aromatic rings. The van der Waals surface area contributed by atoms with E-state index in [-0.39, 0.29) is 6.54 Å². The van der Waals surface area contributed by atoms with Crippen molar-refractivity contribution in [3.63, 3.8) is 0 Å². The summed E-state index contributed by atoms with van der Waals surface area (Å²) in [6, 6.07) is 4.66. The van der Waals surface area contributed by atoms with Crippen molar-refractivity contribution >= 4 is 41.0 Å². The standard InChI is InChI=1S/C21H27ClN6O4/c1-13-4-5-14(22)10-15(13)27-8-6-26(7-9-27)11-16-23-19-18(28(16)12-17(29)32-3)20(30)24-21(31)25(19)2/h4-5,10,18-19H,6-9,11-12H2,1-3H3,(H,24,30,31). The molecule has 0 spiro atoms. The summed E-state index contributed by atoms with van der Waals surface area (Å²) in [5, 5.41) is 3.04. The summed E-state index contributed by atoms with van der Waals surface area (Å²) < 4.78 is 4.82.